The van der Waals surface area contributed by atoms with E-state index < -0.39 is 0 Å². The average molecular weight is 393 g/mol. The molecule has 0 aliphatic carbocycles. The molecule has 0 heterocycles. The maximum atomic E-state index is 10.0. The number of aliphatic hydroxyl groups is 1. The Hall–Kier alpha value is 0.1000. The summed E-state index contributed by atoms with van der Waals surface area (Å²) >= 11 is 7.02. The van der Waals surface area contributed by atoms with Gasteiger partial charge in [0.15, 0.2) is 0 Å². The second-order valence-corrected chi connectivity index (χ2v) is 7.98. The molecule has 0 aliphatic rings. The molecule has 0 radical (unpaired) electrons. The summed E-state index contributed by atoms with van der Waals surface area (Å²) in [4.78, 5) is 0. The summed E-state index contributed by atoms with van der Waals surface area (Å²) in [5.74, 6) is 0. The van der Waals surface area contributed by atoms with E-state index >= 15 is 0 Å². The van der Waals surface area contributed by atoms with Gasteiger partial charge in [-0.2, -0.15) is 0 Å². The van der Waals surface area contributed by atoms with Crippen LogP contribution in [0.15, 0.2) is 27.1 Å². The van der Waals surface area contributed by atoms with Crippen molar-refractivity contribution >= 4 is 31.9 Å². The first kappa shape index (κ1) is 17.2. The van der Waals surface area contributed by atoms with Gasteiger partial charge in [-0.15, -0.1) is 0 Å². The Labute approximate surface area is 133 Å². The SMILES string of the molecule is CC(NCC(O)CC(C)(C)C)c1ccc(Br)cc1Br. The Morgan fingerprint density at radius 1 is 1.26 bits per heavy atom. The van der Waals surface area contributed by atoms with Crippen LogP contribution < -0.4 is 5.32 Å². The Morgan fingerprint density at radius 2 is 1.89 bits per heavy atom. The van der Waals surface area contributed by atoms with Crippen molar-refractivity contribution in [2.24, 2.45) is 5.41 Å². The highest BCUT2D eigenvalue weighted by atomic mass is 79.9. The van der Waals surface area contributed by atoms with Crippen LogP contribution in [-0.2, 0) is 0 Å². The molecule has 0 bridgehead atoms. The number of aliphatic hydroxyl groups excluding tert-OH is 1. The smallest absolute Gasteiger partial charge is 0.0669 e. The molecule has 0 aromatic heterocycles. The first-order valence-electron chi connectivity index (χ1n) is 6.55. The van der Waals surface area contributed by atoms with Crippen LogP contribution >= 0.6 is 31.9 Å². The van der Waals surface area contributed by atoms with Gasteiger partial charge in [-0.05, 0) is 36.5 Å². The van der Waals surface area contributed by atoms with Crippen molar-refractivity contribution in [2.75, 3.05) is 6.54 Å². The van der Waals surface area contributed by atoms with E-state index in [0.29, 0.717) is 6.54 Å². The van der Waals surface area contributed by atoms with E-state index in [1.807, 2.05) is 12.1 Å². The minimum atomic E-state index is -0.309. The van der Waals surface area contributed by atoms with Crippen LogP contribution in [0.5, 0.6) is 0 Å². The van der Waals surface area contributed by atoms with Gasteiger partial charge in [-0.3, -0.25) is 0 Å². The highest BCUT2D eigenvalue weighted by Gasteiger charge is 2.17. The van der Waals surface area contributed by atoms with Gasteiger partial charge in [0.05, 0.1) is 6.10 Å². The maximum Gasteiger partial charge on any atom is 0.0669 e. The molecular formula is C15H23Br2NO. The molecule has 2 unspecified atom stereocenters. The van der Waals surface area contributed by atoms with E-state index in [2.05, 4.69) is 70.9 Å². The lowest BCUT2D eigenvalue weighted by molar-refractivity contribution is 0.117. The van der Waals surface area contributed by atoms with Crippen molar-refractivity contribution < 1.29 is 5.11 Å². The monoisotopic (exact) mass is 391 g/mol. The fraction of sp³-hybridized carbons (Fsp3) is 0.600. The van der Waals surface area contributed by atoms with Gasteiger partial charge in [0.2, 0.25) is 0 Å². The van der Waals surface area contributed by atoms with E-state index in [-0.39, 0.29) is 17.6 Å². The number of halogens is 2. The molecule has 2 nitrogen and oxygen atoms in total. The van der Waals surface area contributed by atoms with E-state index in [4.69, 9.17) is 0 Å². The Bertz CT molecular complexity index is 415. The van der Waals surface area contributed by atoms with Gasteiger partial charge in [0, 0.05) is 21.5 Å². The second-order valence-electron chi connectivity index (χ2n) is 6.21. The lowest BCUT2D eigenvalue weighted by atomic mass is 9.89. The molecule has 0 spiro atoms. The fourth-order valence-corrected chi connectivity index (χ4v) is 3.44. The van der Waals surface area contributed by atoms with Crippen LogP contribution in [-0.4, -0.2) is 17.8 Å². The number of hydrogen-bond acceptors (Lipinski definition) is 2. The fourth-order valence-electron chi connectivity index (χ4n) is 2.05. The van der Waals surface area contributed by atoms with Crippen LogP contribution in [0.25, 0.3) is 0 Å². The minimum Gasteiger partial charge on any atom is -0.392 e. The summed E-state index contributed by atoms with van der Waals surface area (Å²) < 4.78 is 2.13. The molecule has 0 saturated carbocycles. The molecular weight excluding hydrogens is 370 g/mol. The molecule has 1 aromatic rings. The van der Waals surface area contributed by atoms with Crippen molar-refractivity contribution in [3.8, 4) is 0 Å². The van der Waals surface area contributed by atoms with Gasteiger partial charge in [-0.25, -0.2) is 0 Å². The second kappa shape index (κ2) is 7.21. The number of nitrogens with one attached hydrogen (secondary N) is 1. The number of rotatable bonds is 5. The Balaban J connectivity index is 2.53. The van der Waals surface area contributed by atoms with Crippen LogP contribution in [0, 0.1) is 5.41 Å². The molecule has 0 fully saturated rings. The normalized spacial score (nSPS) is 15.3. The summed E-state index contributed by atoms with van der Waals surface area (Å²) in [7, 11) is 0. The first-order chi connectivity index (χ1) is 8.69. The summed E-state index contributed by atoms with van der Waals surface area (Å²) in [5.41, 5.74) is 1.36. The van der Waals surface area contributed by atoms with E-state index in [9.17, 15) is 5.11 Å². The van der Waals surface area contributed by atoms with Crippen molar-refractivity contribution in [1.29, 1.82) is 0 Å². The molecule has 1 aromatic carbocycles. The summed E-state index contributed by atoms with van der Waals surface area (Å²) in [5, 5.41) is 13.4. The van der Waals surface area contributed by atoms with Crippen molar-refractivity contribution in [2.45, 2.75) is 46.3 Å². The zero-order valence-electron chi connectivity index (χ0n) is 12.0. The summed E-state index contributed by atoms with van der Waals surface area (Å²) in [6, 6.07) is 6.36. The maximum absolute atomic E-state index is 10.0. The minimum absolute atomic E-state index is 0.155. The number of hydrogen-bond donors (Lipinski definition) is 2. The van der Waals surface area contributed by atoms with Gasteiger partial charge in [0.1, 0.15) is 0 Å². The molecule has 4 heteroatoms. The highest BCUT2D eigenvalue weighted by Crippen LogP contribution is 2.27. The summed E-state index contributed by atoms with van der Waals surface area (Å²) in [6.07, 6.45) is 0.491. The number of benzene rings is 1. The molecule has 1 rings (SSSR count). The van der Waals surface area contributed by atoms with Crippen LogP contribution in [0.4, 0.5) is 0 Å². The third kappa shape index (κ3) is 6.39. The standard InChI is InChI=1S/C15H23Br2NO/c1-10(13-6-5-11(16)7-14(13)17)18-9-12(19)8-15(2,3)4/h5-7,10,12,18-19H,8-9H2,1-4H3. The van der Waals surface area contributed by atoms with Crippen LogP contribution in [0.3, 0.4) is 0 Å². The molecule has 0 amide bonds. The quantitative estimate of drug-likeness (QED) is 0.763. The molecule has 19 heavy (non-hydrogen) atoms. The lowest BCUT2D eigenvalue weighted by Crippen LogP contribution is -2.31. The lowest BCUT2D eigenvalue weighted by Gasteiger charge is -2.24. The largest absolute Gasteiger partial charge is 0.392 e. The first-order valence-corrected chi connectivity index (χ1v) is 8.14. The highest BCUT2D eigenvalue weighted by molar-refractivity contribution is 9.11. The van der Waals surface area contributed by atoms with Gasteiger partial charge in [-0.1, -0.05) is 58.7 Å². The van der Waals surface area contributed by atoms with Gasteiger partial charge < -0.3 is 10.4 Å². The van der Waals surface area contributed by atoms with Crippen LogP contribution in [0.1, 0.15) is 45.7 Å². The van der Waals surface area contributed by atoms with Crippen molar-refractivity contribution in [3.05, 3.63) is 32.7 Å². The van der Waals surface area contributed by atoms with E-state index in [1.54, 1.807) is 0 Å². The Kier molecular flexibility index (Phi) is 6.51. The zero-order chi connectivity index (χ0) is 14.6. The summed E-state index contributed by atoms with van der Waals surface area (Å²) in [6.45, 7) is 9.15. The Morgan fingerprint density at radius 3 is 2.42 bits per heavy atom. The third-order valence-electron chi connectivity index (χ3n) is 2.94. The van der Waals surface area contributed by atoms with E-state index in [1.165, 1.54) is 5.56 Å². The molecule has 0 saturated heterocycles. The third-order valence-corrected chi connectivity index (χ3v) is 4.12. The van der Waals surface area contributed by atoms with E-state index in [0.717, 1.165) is 15.4 Å². The predicted octanol–water partition coefficient (Wildman–Crippen LogP) is 4.66. The van der Waals surface area contributed by atoms with Gasteiger partial charge >= 0.3 is 0 Å². The molecule has 0 aliphatic heterocycles. The average Bonchev–Trinajstić information content (AvgIpc) is 2.23. The predicted molar refractivity (Wildman–Crippen MR) is 88.3 cm³/mol. The van der Waals surface area contributed by atoms with Crippen molar-refractivity contribution in [1.82, 2.24) is 5.32 Å². The van der Waals surface area contributed by atoms with Gasteiger partial charge in [0.25, 0.3) is 0 Å². The zero-order valence-corrected chi connectivity index (χ0v) is 15.2. The van der Waals surface area contributed by atoms with Crippen molar-refractivity contribution in [3.63, 3.8) is 0 Å². The molecule has 2 N–H and O–H groups in total. The topological polar surface area (TPSA) is 32.3 Å². The molecule has 2 atom stereocenters. The van der Waals surface area contributed by atoms with Crippen LogP contribution in [0.2, 0.25) is 0 Å². The molecule has 108 valence electrons.